The van der Waals surface area contributed by atoms with E-state index in [-0.39, 0.29) is 23.5 Å². The molecule has 2 aromatic rings. The van der Waals surface area contributed by atoms with Crippen LogP contribution in [-0.4, -0.2) is 108 Å². The summed E-state index contributed by atoms with van der Waals surface area (Å²) in [4.78, 5) is 25.5. The molecule has 392 valence electrons. The van der Waals surface area contributed by atoms with E-state index < -0.39 is 117 Å². The van der Waals surface area contributed by atoms with E-state index in [0.717, 1.165) is 6.08 Å². The lowest BCUT2D eigenvalue weighted by Gasteiger charge is -2.44. The minimum atomic E-state index is -8.71. The molecule has 0 spiro atoms. The third-order valence-corrected chi connectivity index (χ3v) is 16.4. The molecule has 0 aliphatic carbocycles. The molecule has 1 N–H and O–H groups in total. The van der Waals surface area contributed by atoms with Gasteiger partial charge in [0.15, 0.2) is 14.4 Å². The number of alkyl halides is 17. The van der Waals surface area contributed by atoms with Crippen LogP contribution in [0.5, 0.6) is 11.5 Å². The number of amides is 1. The highest BCUT2D eigenvalue weighted by Gasteiger charge is 2.95. The number of benzene rings is 2. The first-order valence-electron chi connectivity index (χ1n) is 20.1. The van der Waals surface area contributed by atoms with Crippen molar-refractivity contribution in [3.05, 3.63) is 78.4 Å². The summed E-state index contributed by atoms with van der Waals surface area (Å²) in [7, 11) is -1.36. The van der Waals surface area contributed by atoms with Crippen molar-refractivity contribution < 1.29 is 112 Å². The molecule has 9 nitrogen and oxygen atoms in total. The van der Waals surface area contributed by atoms with Gasteiger partial charge in [-0.25, -0.2) is 9.59 Å². The summed E-state index contributed by atoms with van der Waals surface area (Å²) in [6.45, 7) is 9.00. The first-order valence-corrected chi connectivity index (χ1v) is 22.4. The van der Waals surface area contributed by atoms with Crippen molar-refractivity contribution in [2.45, 2.75) is 118 Å². The standard InChI is InChI=1S/C42H48F17NO8Si/c1-9-19-66-31(61)23-26(6)32(64-8)33(68-34(62)60-28-12-16-29(63-7)17-13-28)27-10-14-30(15-11-27)65-20-21-67-69(24(2)3,25(4)5)22-18-35(43,44)36(45,46)37(47,48)38(49,50)39(51,52)40(53,54)41(55,56)42(57,58)59/h9-17,23-25,32-33H,1,18-22H2,2-8H3,(H,60,62)/b26-23+/t32-,33-/m0/s1. The van der Waals surface area contributed by atoms with Crippen LogP contribution in [0, 0.1) is 0 Å². The molecule has 1 amide bonds. The van der Waals surface area contributed by atoms with E-state index in [4.69, 9.17) is 28.1 Å². The highest BCUT2D eigenvalue weighted by molar-refractivity contribution is 6.76. The topological polar surface area (TPSA) is 102 Å². The van der Waals surface area contributed by atoms with E-state index in [1.807, 2.05) is 0 Å². The minimum Gasteiger partial charge on any atom is -0.497 e. The highest BCUT2D eigenvalue weighted by atomic mass is 28.4. The Morgan fingerprint density at radius 2 is 1.16 bits per heavy atom. The van der Waals surface area contributed by atoms with Crippen molar-refractivity contribution in [3.8, 4) is 11.5 Å². The fourth-order valence-electron chi connectivity index (χ4n) is 6.74. The fraction of sp³-hybridized carbons (Fsp3) is 0.571. The number of hydrogen-bond donors (Lipinski definition) is 1. The van der Waals surface area contributed by atoms with Crippen LogP contribution in [0.15, 0.2) is 72.8 Å². The van der Waals surface area contributed by atoms with Gasteiger partial charge in [0.05, 0.1) is 13.7 Å². The lowest BCUT2D eigenvalue weighted by Crippen LogP contribution is -2.74. The summed E-state index contributed by atoms with van der Waals surface area (Å²) in [6.07, 6.45) is -11.4. The Hall–Kier alpha value is -4.79. The molecule has 2 atom stereocenters. The monoisotopic (exact) mass is 1050 g/mol. The predicted octanol–water partition coefficient (Wildman–Crippen LogP) is 13.2. The molecule has 0 bridgehead atoms. The van der Waals surface area contributed by atoms with Crippen molar-refractivity contribution in [3.63, 3.8) is 0 Å². The molecule has 69 heavy (non-hydrogen) atoms. The zero-order valence-electron chi connectivity index (χ0n) is 37.5. The van der Waals surface area contributed by atoms with E-state index in [9.17, 15) is 75.4 Å². The summed E-state index contributed by atoms with van der Waals surface area (Å²) in [5.41, 5.74) is -1.03. The van der Waals surface area contributed by atoms with Crippen LogP contribution >= 0.6 is 0 Å². The predicted molar refractivity (Wildman–Crippen MR) is 215 cm³/mol. The second-order valence-corrected chi connectivity index (χ2v) is 20.8. The number of rotatable bonds is 26. The van der Waals surface area contributed by atoms with Crippen molar-refractivity contribution in [1.29, 1.82) is 0 Å². The molecule has 27 heteroatoms. The van der Waals surface area contributed by atoms with Crippen LogP contribution < -0.4 is 14.8 Å². The molecule has 0 saturated carbocycles. The van der Waals surface area contributed by atoms with Gasteiger partial charge in [-0.1, -0.05) is 52.5 Å². The Labute approximate surface area is 385 Å². The van der Waals surface area contributed by atoms with E-state index in [0.29, 0.717) is 11.4 Å². The SMILES string of the molecule is C=CCOC(=O)/C=C(\C)[C@H](OC)[C@@H](OC(=O)Nc1ccc(OC)cc1)c1ccc(OCCO[Si](CCC(F)(F)C(F)(F)C(F)(F)C(F)(F)C(F)(F)C(F)(F)C(F)(F)C(F)(F)F)(C(C)C)C(C)C)cc1. The first kappa shape index (κ1) is 60.3. The van der Waals surface area contributed by atoms with Gasteiger partial charge in [-0.15, -0.1) is 0 Å². The maximum absolute atomic E-state index is 15.1. The maximum Gasteiger partial charge on any atom is 0.460 e. The lowest BCUT2D eigenvalue weighted by atomic mass is 9.88. The number of hydrogen-bond acceptors (Lipinski definition) is 8. The summed E-state index contributed by atoms with van der Waals surface area (Å²) in [5, 5.41) is 2.53. The fourth-order valence-corrected chi connectivity index (χ4v) is 11.2. The zero-order chi connectivity index (χ0) is 53.4. The van der Waals surface area contributed by atoms with Crippen molar-refractivity contribution >= 4 is 26.1 Å². The molecule has 0 heterocycles. The number of esters is 1. The average Bonchev–Trinajstić information content (AvgIpc) is 3.24. The summed E-state index contributed by atoms with van der Waals surface area (Å²) in [5.74, 6) is -57.2. The van der Waals surface area contributed by atoms with Crippen LogP contribution in [0.4, 0.5) is 85.1 Å². The van der Waals surface area contributed by atoms with Gasteiger partial charge in [-0.05, 0) is 71.6 Å². The van der Waals surface area contributed by atoms with Crippen LogP contribution in [0.25, 0.3) is 0 Å². The number of halogens is 17. The smallest absolute Gasteiger partial charge is 0.460 e. The third-order valence-electron chi connectivity index (χ3n) is 10.7. The Balaban J connectivity index is 2.36. The highest BCUT2D eigenvalue weighted by Crippen LogP contribution is 2.64. The number of anilines is 1. The molecular formula is C42H48F17NO8Si. The third kappa shape index (κ3) is 12.6. The molecule has 2 rings (SSSR count). The Morgan fingerprint density at radius 1 is 0.681 bits per heavy atom. The summed E-state index contributed by atoms with van der Waals surface area (Å²) in [6, 6.07) is 10.3. The van der Waals surface area contributed by atoms with Crippen molar-refractivity contribution in [2.24, 2.45) is 0 Å². The lowest BCUT2D eigenvalue weighted by molar-refractivity contribution is -0.461. The molecule has 0 unspecified atom stereocenters. The molecule has 0 aliphatic heterocycles. The van der Waals surface area contributed by atoms with E-state index in [1.165, 1.54) is 91.3 Å². The van der Waals surface area contributed by atoms with Gasteiger partial charge in [0.2, 0.25) is 0 Å². The normalized spacial score (nSPS) is 14.9. The molecule has 2 aromatic carbocycles. The van der Waals surface area contributed by atoms with E-state index in [1.54, 1.807) is 12.1 Å². The second kappa shape index (κ2) is 22.5. The van der Waals surface area contributed by atoms with Crippen LogP contribution in [0.1, 0.15) is 52.7 Å². The van der Waals surface area contributed by atoms with Crippen LogP contribution in [0.3, 0.4) is 0 Å². The van der Waals surface area contributed by atoms with Gasteiger partial charge in [0, 0.05) is 25.3 Å². The first-order chi connectivity index (χ1) is 31.4. The quantitative estimate of drug-likeness (QED) is 0.0248. The van der Waals surface area contributed by atoms with E-state index in [2.05, 4.69) is 11.9 Å². The van der Waals surface area contributed by atoms with Gasteiger partial charge in [-0.2, -0.15) is 74.6 Å². The maximum atomic E-state index is 15.1. The number of carbonyl (C=O) groups is 2. The van der Waals surface area contributed by atoms with Gasteiger partial charge >= 0.3 is 59.7 Å². The average molecular weight is 1050 g/mol. The molecule has 0 aromatic heterocycles. The number of carbonyl (C=O) groups excluding carboxylic acids is 2. The Morgan fingerprint density at radius 3 is 1.61 bits per heavy atom. The largest absolute Gasteiger partial charge is 0.497 e. The zero-order valence-corrected chi connectivity index (χ0v) is 38.5. The molecule has 0 aliphatic rings. The van der Waals surface area contributed by atoms with Crippen molar-refractivity contribution in [2.75, 3.05) is 39.4 Å². The molecular weight excluding hydrogens is 998 g/mol. The Bertz CT molecular complexity index is 2040. The summed E-state index contributed by atoms with van der Waals surface area (Å²) >= 11 is 0. The molecule has 0 fully saturated rings. The molecule has 0 saturated heterocycles. The second-order valence-electron chi connectivity index (χ2n) is 15.8. The number of nitrogens with one attached hydrogen (secondary N) is 1. The minimum absolute atomic E-state index is 0.0593. The van der Waals surface area contributed by atoms with Crippen LogP contribution in [0.2, 0.25) is 17.1 Å². The number of ether oxygens (including phenoxy) is 5. The van der Waals surface area contributed by atoms with Crippen molar-refractivity contribution in [1.82, 2.24) is 0 Å². The summed E-state index contributed by atoms with van der Waals surface area (Å²) < 4.78 is 269. The van der Waals surface area contributed by atoms with Crippen LogP contribution in [-0.2, 0) is 23.4 Å². The van der Waals surface area contributed by atoms with E-state index >= 15 is 8.78 Å². The van der Waals surface area contributed by atoms with Gasteiger partial charge in [0.1, 0.15) is 30.8 Å². The van der Waals surface area contributed by atoms with Gasteiger partial charge in [-0.3, -0.25) is 5.32 Å². The van der Waals surface area contributed by atoms with Gasteiger partial charge < -0.3 is 28.1 Å². The van der Waals surface area contributed by atoms with Gasteiger partial charge in [0.25, 0.3) is 0 Å². The molecule has 0 radical (unpaired) electrons. The number of methoxy groups -OCH3 is 2. The Kier molecular flexibility index (Phi) is 19.7.